The minimum Gasteiger partial charge on any atom is -0.497 e. The minimum absolute atomic E-state index is 0.0565. The molecule has 26 heavy (non-hydrogen) atoms. The molecule has 0 spiro atoms. The number of hydrogen-bond acceptors (Lipinski definition) is 5. The number of aryl methyl sites for hydroxylation is 1. The van der Waals surface area contributed by atoms with Gasteiger partial charge in [-0.2, -0.15) is 0 Å². The van der Waals surface area contributed by atoms with Crippen molar-refractivity contribution < 1.29 is 14.3 Å². The number of hydrazine groups is 1. The van der Waals surface area contributed by atoms with Gasteiger partial charge < -0.3 is 14.8 Å². The molecule has 2 atom stereocenters. The van der Waals surface area contributed by atoms with Gasteiger partial charge in [0.25, 0.3) is 0 Å². The number of nitrogens with one attached hydrogen (secondary N) is 3. The van der Waals surface area contributed by atoms with Crippen molar-refractivity contribution in [3.63, 3.8) is 0 Å². The molecule has 2 aromatic rings. The summed E-state index contributed by atoms with van der Waals surface area (Å²) in [4.78, 5) is 12.6. The fourth-order valence-corrected chi connectivity index (χ4v) is 3.31. The number of ether oxygens (including phenoxy) is 2. The lowest BCUT2D eigenvalue weighted by Crippen LogP contribution is -2.39. The molecule has 1 amide bonds. The molecule has 0 bridgehead atoms. The highest BCUT2D eigenvalue weighted by atomic mass is 35.5. The predicted octanol–water partition coefficient (Wildman–Crippen LogP) is 3.21. The van der Waals surface area contributed by atoms with Crippen LogP contribution in [0.25, 0.3) is 0 Å². The monoisotopic (exact) mass is 375 g/mol. The van der Waals surface area contributed by atoms with Crippen LogP contribution < -0.4 is 25.6 Å². The van der Waals surface area contributed by atoms with Crippen LogP contribution in [0.15, 0.2) is 36.4 Å². The summed E-state index contributed by atoms with van der Waals surface area (Å²) in [6, 6.07) is 10.7. The van der Waals surface area contributed by atoms with Crippen LogP contribution in [0, 0.1) is 6.92 Å². The molecule has 1 saturated heterocycles. The fraction of sp³-hybridized carbons (Fsp3) is 0.316. The molecule has 3 rings (SSSR count). The van der Waals surface area contributed by atoms with Crippen molar-refractivity contribution >= 4 is 23.2 Å². The predicted molar refractivity (Wildman–Crippen MR) is 102 cm³/mol. The summed E-state index contributed by atoms with van der Waals surface area (Å²) in [6.07, 6.45) is 0.581. The minimum atomic E-state index is -0.387. The van der Waals surface area contributed by atoms with Crippen molar-refractivity contribution in [2.45, 2.75) is 25.4 Å². The Kier molecular flexibility index (Phi) is 5.66. The second kappa shape index (κ2) is 7.95. The summed E-state index contributed by atoms with van der Waals surface area (Å²) in [6.45, 7) is 1.91. The topological polar surface area (TPSA) is 71.6 Å². The smallest absolute Gasteiger partial charge is 0.242 e. The lowest BCUT2D eigenvalue weighted by Gasteiger charge is -2.15. The van der Waals surface area contributed by atoms with Gasteiger partial charge in [0, 0.05) is 11.6 Å². The molecule has 3 N–H and O–H groups in total. The van der Waals surface area contributed by atoms with Gasteiger partial charge in [-0.15, -0.1) is 0 Å². The van der Waals surface area contributed by atoms with E-state index < -0.39 is 0 Å². The van der Waals surface area contributed by atoms with Crippen LogP contribution in [0.1, 0.15) is 23.6 Å². The Morgan fingerprint density at radius 2 is 2.00 bits per heavy atom. The molecule has 1 aliphatic rings. The number of carbonyl (C=O) groups is 1. The van der Waals surface area contributed by atoms with Crippen LogP contribution in [0.5, 0.6) is 11.5 Å². The molecule has 0 aromatic heterocycles. The van der Waals surface area contributed by atoms with Crippen LogP contribution in [-0.4, -0.2) is 26.2 Å². The molecule has 2 unspecified atom stereocenters. The van der Waals surface area contributed by atoms with E-state index in [-0.39, 0.29) is 18.0 Å². The van der Waals surface area contributed by atoms with E-state index in [9.17, 15) is 4.79 Å². The van der Waals surface area contributed by atoms with Crippen LogP contribution in [0.2, 0.25) is 5.02 Å². The second-order valence-electron chi connectivity index (χ2n) is 6.16. The van der Waals surface area contributed by atoms with Gasteiger partial charge in [-0.25, -0.2) is 10.9 Å². The summed E-state index contributed by atoms with van der Waals surface area (Å²) >= 11 is 6.19. The molecular formula is C19H22ClN3O3. The zero-order valence-electron chi connectivity index (χ0n) is 14.9. The van der Waals surface area contributed by atoms with Crippen molar-refractivity contribution in [1.29, 1.82) is 0 Å². The normalized spacial score (nSPS) is 19.2. The van der Waals surface area contributed by atoms with E-state index in [1.165, 1.54) is 0 Å². The first kappa shape index (κ1) is 18.5. The summed E-state index contributed by atoms with van der Waals surface area (Å²) in [5.74, 6) is 1.30. The van der Waals surface area contributed by atoms with Gasteiger partial charge in [-0.3, -0.25) is 4.79 Å². The molecule has 0 aliphatic carbocycles. The molecule has 7 heteroatoms. The van der Waals surface area contributed by atoms with E-state index in [4.69, 9.17) is 21.1 Å². The average molecular weight is 376 g/mol. The molecule has 1 heterocycles. The van der Waals surface area contributed by atoms with E-state index in [0.29, 0.717) is 22.9 Å². The van der Waals surface area contributed by atoms with Gasteiger partial charge in [0.05, 0.1) is 31.0 Å². The van der Waals surface area contributed by atoms with E-state index in [0.717, 1.165) is 16.9 Å². The van der Waals surface area contributed by atoms with Crippen molar-refractivity contribution in [3.05, 3.63) is 52.5 Å². The fourth-order valence-electron chi connectivity index (χ4n) is 3.04. The van der Waals surface area contributed by atoms with Gasteiger partial charge in [0.15, 0.2) is 0 Å². The number of methoxy groups -OCH3 is 2. The first-order chi connectivity index (χ1) is 12.5. The van der Waals surface area contributed by atoms with Gasteiger partial charge >= 0.3 is 0 Å². The Balaban J connectivity index is 1.71. The SMILES string of the molecule is COc1ccc(C2CC(C(=O)Nc3c(C)cccc3Cl)NN2)c(OC)c1. The molecular weight excluding hydrogens is 354 g/mol. The maximum absolute atomic E-state index is 12.6. The quantitative estimate of drug-likeness (QED) is 0.748. The Hall–Kier alpha value is -2.28. The van der Waals surface area contributed by atoms with Gasteiger partial charge in [0.1, 0.15) is 17.5 Å². The molecule has 1 fully saturated rings. The van der Waals surface area contributed by atoms with E-state index in [1.807, 2.05) is 37.3 Å². The summed E-state index contributed by atoms with van der Waals surface area (Å²) in [5.41, 5.74) is 8.75. The highest BCUT2D eigenvalue weighted by Crippen LogP contribution is 2.33. The summed E-state index contributed by atoms with van der Waals surface area (Å²) in [7, 11) is 3.23. The number of hydrogen-bond donors (Lipinski definition) is 3. The Morgan fingerprint density at radius 3 is 2.69 bits per heavy atom. The van der Waals surface area contributed by atoms with Crippen molar-refractivity contribution in [3.8, 4) is 11.5 Å². The maximum atomic E-state index is 12.6. The number of carbonyl (C=O) groups excluding carboxylic acids is 1. The zero-order valence-corrected chi connectivity index (χ0v) is 15.7. The lowest BCUT2D eigenvalue weighted by atomic mass is 10.0. The summed E-state index contributed by atoms with van der Waals surface area (Å²) in [5, 5.41) is 3.44. The Labute approximate surface area is 157 Å². The van der Waals surface area contributed by atoms with Crippen molar-refractivity contribution in [2.75, 3.05) is 19.5 Å². The first-order valence-corrected chi connectivity index (χ1v) is 8.70. The van der Waals surface area contributed by atoms with Gasteiger partial charge in [0.2, 0.25) is 5.91 Å². The third kappa shape index (κ3) is 3.77. The third-order valence-corrected chi connectivity index (χ3v) is 4.82. The molecule has 0 saturated carbocycles. The molecule has 0 radical (unpaired) electrons. The van der Waals surface area contributed by atoms with E-state index in [2.05, 4.69) is 16.2 Å². The van der Waals surface area contributed by atoms with Crippen LogP contribution in [0.3, 0.4) is 0 Å². The van der Waals surface area contributed by atoms with Gasteiger partial charge in [-0.1, -0.05) is 29.8 Å². The number of rotatable bonds is 5. The number of halogens is 1. The molecule has 1 aliphatic heterocycles. The number of amides is 1. The zero-order chi connectivity index (χ0) is 18.7. The van der Waals surface area contributed by atoms with Crippen molar-refractivity contribution in [2.24, 2.45) is 0 Å². The van der Waals surface area contributed by atoms with E-state index in [1.54, 1.807) is 20.3 Å². The lowest BCUT2D eigenvalue weighted by molar-refractivity contribution is -0.117. The largest absolute Gasteiger partial charge is 0.497 e. The Bertz CT molecular complexity index is 792. The van der Waals surface area contributed by atoms with Crippen LogP contribution in [0.4, 0.5) is 5.69 Å². The highest BCUT2D eigenvalue weighted by Gasteiger charge is 2.32. The number of anilines is 1. The van der Waals surface area contributed by atoms with Crippen LogP contribution in [-0.2, 0) is 4.79 Å². The van der Waals surface area contributed by atoms with Crippen LogP contribution >= 0.6 is 11.6 Å². The standard InChI is InChI=1S/C19H22ClN3O3/c1-11-5-4-6-14(20)18(11)21-19(24)16-10-15(22-23-16)13-8-7-12(25-2)9-17(13)26-3/h4-9,15-16,22-23H,10H2,1-3H3,(H,21,24). The molecule has 6 nitrogen and oxygen atoms in total. The molecule has 2 aromatic carbocycles. The first-order valence-electron chi connectivity index (χ1n) is 8.32. The van der Waals surface area contributed by atoms with Crippen molar-refractivity contribution in [1.82, 2.24) is 10.9 Å². The van der Waals surface area contributed by atoms with E-state index >= 15 is 0 Å². The van der Waals surface area contributed by atoms with Gasteiger partial charge in [-0.05, 0) is 31.0 Å². The second-order valence-corrected chi connectivity index (χ2v) is 6.57. The third-order valence-electron chi connectivity index (χ3n) is 4.51. The average Bonchev–Trinajstić information content (AvgIpc) is 3.14. The molecule has 138 valence electrons. The highest BCUT2D eigenvalue weighted by molar-refractivity contribution is 6.34. The number of benzene rings is 2. The Morgan fingerprint density at radius 1 is 1.19 bits per heavy atom. The summed E-state index contributed by atoms with van der Waals surface area (Å²) < 4.78 is 10.7. The number of para-hydroxylation sites is 1. The maximum Gasteiger partial charge on any atom is 0.242 e.